The maximum Gasteiger partial charge on any atom is 0.222 e. The first-order chi connectivity index (χ1) is 13.2. The molecule has 0 aliphatic carbocycles. The molecule has 2 amide bonds. The third kappa shape index (κ3) is 5.94. The lowest BCUT2D eigenvalue weighted by atomic mass is 10.2. The fourth-order valence-corrected chi connectivity index (χ4v) is 3.24. The van der Waals surface area contributed by atoms with Gasteiger partial charge in [-0.2, -0.15) is 0 Å². The largest absolute Gasteiger partial charge is 0.441 e. The van der Waals surface area contributed by atoms with E-state index in [2.05, 4.69) is 10.3 Å². The molecule has 0 spiro atoms. The summed E-state index contributed by atoms with van der Waals surface area (Å²) in [5, 5.41) is 2.92. The van der Waals surface area contributed by atoms with Crippen molar-refractivity contribution in [2.24, 2.45) is 0 Å². The first kappa shape index (κ1) is 19.1. The van der Waals surface area contributed by atoms with Crippen molar-refractivity contribution in [2.45, 2.75) is 44.9 Å². The highest BCUT2D eigenvalue weighted by Crippen LogP contribution is 2.20. The van der Waals surface area contributed by atoms with Crippen molar-refractivity contribution < 1.29 is 14.0 Å². The molecule has 2 heterocycles. The molecule has 6 nitrogen and oxygen atoms in total. The molecule has 0 unspecified atom stereocenters. The van der Waals surface area contributed by atoms with E-state index in [-0.39, 0.29) is 11.8 Å². The zero-order valence-corrected chi connectivity index (χ0v) is 15.7. The number of likely N-dealkylation sites (tertiary alicyclic amines) is 1. The molecule has 27 heavy (non-hydrogen) atoms. The summed E-state index contributed by atoms with van der Waals surface area (Å²) in [6, 6.07) is 9.78. The molecular weight excluding hydrogens is 342 g/mol. The minimum Gasteiger partial charge on any atom is -0.441 e. The second kappa shape index (κ2) is 9.90. The van der Waals surface area contributed by atoms with Gasteiger partial charge >= 0.3 is 0 Å². The highest BCUT2D eigenvalue weighted by molar-refractivity contribution is 5.76. The molecule has 1 aromatic carbocycles. The Morgan fingerprint density at radius 1 is 1.19 bits per heavy atom. The van der Waals surface area contributed by atoms with Crippen LogP contribution in [-0.2, 0) is 16.0 Å². The number of nitrogens with one attached hydrogen (secondary N) is 1. The molecule has 2 aromatic rings. The lowest BCUT2D eigenvalue weighted by molar-refractivity contribution is -0.130. The fourth-order valence-electron chi connectivity index (χ4n) is 3.24. The summed E-state index contributed by atoms with van der Waals surface area (Å²) in [5.41, 5.74) is 0.976. The number of hydrogen-bond donors (Lipinski definition) is 1. The van der Waals surface area contributed by atoms with Crippen LogP contribution in [0.25, 0.3) is 11.3 Å². The molecule has 6 heteroatoms. The van der Waals surface area contributed by atoms with E-state index in [9.17, 15) is 9.59 Å². The van der Waals surface area contributed by atoms with Crippen LogP contribution in [0.3, 0.4) is 0 Å². The molecular formula is C21H27N3O3. The zero-order valence-electron chi connectivity index (χ0n) is 15.7. The normalized spacial score (nSPS) is 14.8. The summed E-state index contributed by atoms with van der Waals surface area (Å²) in [7, 11) is 0. The second-order valence-electron chi connectivity index (χ2n) is 6.88. The fraction of sp³-hybridized carbons (Fsp3) is 0.476. The highest BCUT2D eigenvalue weighted by atomic mass is 16.4. The minimum absolute atomic E-state index is 0.0170. The van der Waals surface area contributed by atoms with Gasteiger partial charge in [-0.15, -0.1) is 0 Å². The van der Waals surface area contributed by atoms with Crippen molar-refractivity contribution in [3.63, 3.8) is 0 Å². The van der Waals surface area contributed by atoms with Crippen LogP contribution in [0.5, 0.6) is 0 Å². The van der Waals surface area contributed by atoms with Crippen molar-refractivity contribution in [2.75, 3.05) is 19.6 Å². The van der Waals surface area contributed by atoms with E-state index in [0.717, 1.165) is 44.3 Å². The molecule has 0 radical (unpaired) electrons. The minimum atomic E-state index is -0.0170. The number of benzene rings is 1. The van der Waals surface area contributed by atoms with Crippen molar-refractivity contribution in [3.8, 4) is 11.3 Å². The molecule has 144 valence electrons. The second-order valence-corrected chi connectivity index (χ2v) is 6.88. The van der Waals surface area contributed by atoms with Gasteiger partial charge in [0, 0.05) is 44.5 Å². The number of carbonyl (C=O) groups is 2. The molecule has 3 rings (SSSR count). The lowest BCUT2D eigenvalue weighted by Gasteiger charge is -2.20. The van der Waals surface area contributed by atoms with Gasteiger partial charge in [0.2, 0.25) is 11.8 Å². The Balaban J connectivity index is 1.34. The van der Waals surface area contributed by atoms with E-state index in [0.29, 0.717) is 37.5 Å². The SMILES string of the molecule is O=C(CCc1ncc(-c2ccccc2)o1)NCCCN1CCCCCC1=O. The maximum atomic E-state index is 12.0. The number of oxazole rings is 1. The molecule has 1 saturated heterocycles. The molecule has 0 atom stereocenters. The zero-order chi connectivity index (χ0) is 18.9. The van der Waals surface area contributed by atoms with E-state index in [1.54, 1.807) is 6.20 Å². The third-order valence-corrected chi connectivity index (χ3v) is 4.78. The lowest BCUT2D eigenvalue weighted by Crippen LogP contribution is -2.34. The summed E-state index contributed by atoms with van der Waals surface area (Å²) in [5.74, 6) is 1.51. The smallest absolute Gasteiger partial charge is 0.222 e. The van der Waals surface area contributed by atoms with Crippen molar-refractivity contribution >= 4 is 11.8 Å². The Bertz CT molecular complexity index is 742. The van der Waals surface area contributed by atoms with Crippen LogP contribution in [0.1, 0.15) is 44.4 Å². The van der Waals surface area contributed by atoms with Gasteiger partial charge in [0.25, 0.3) is 0 Å². The monoisotopic (exact) mass is 369 g/mol. The Kier molecular flexibility index (Phi) is 7.02. The average molecular weight is 369 g/mol. The average Bonchev–Trinajstić information content (AvgIpc) is 3.08. The molecule has 1 aromatic heterocycles. The van der Waals surface area contributed by atoms with Crippen LogP contribution in [-0.4, -0.2) is 41.3 Å². The number of hydrogen-bond acceptors (Lipinski definition) is 4. The first-order valence-electron chi connectivity index (χ1n) is 9.77. The van der Waals surface area contributed by atoms with E-state index < -0.39 is 0 Å². The first-order valence-corrected chi connectivity index (χ1v) is 9.77. The molecule has 1 N–H and O–H groups in total. The Morgan fingerprint density at radius 3 is 2.89 bits per heavy atom. The number of aryl methyl sites for hydroxylation is 1. The topological polar surface area (TPSA) is 75.4 Å². The van der Waals surface area contributed by atoms with E-state index >= 15 is 0 Å². The molecule has 1 fully saturated rings. The van der Waals surface area contributed by atoms with Gasteiger partial charge in [-0.25, -0.2) is 4.98 Å². The Hall–Kier alpha value is -2.63. The summed E-state index contributed by atoms with van der Waals surface area (Å²) < 4.78 is 5.71. The summed E-state index contributed by atoms with van der Waals surface area (Å²) >= 11 is 0. The van der Waals surface area contributed by atoms with Crippen molar-refractivity contribution in [1.82, 2.24) is 15.2 Å². The van der Waals surface area contributed by atoms with Gasteiger partial charge in [-0.1, -0.05) is 36.8 Å². The van der Waals surface area contributed by atoms with Gasteiger partial charge in [0.15, 0.2) is 11.7 Å². The van der Waals surface area contributed by atoms with Gasteiger partial charge in [-0.3, -0.25) is 9.59 Å². The van der Waals surface area contributed by atoms with Crippen LogP contribution in [0.15, 0.2) is 40.9 Å². The number of rotatable bonds is 8. The van der Waals surface area contributed by atoms with Crippen LogP contribution in [0.2, 0.25) is 0 Å². The van der Waals surface area contributed by atoms with E-state index in [4.69, 9.17) is 4.42 Å². The number of nitrogens with zero attached hydrogens (tertiary/aromatic N) is 2. The van der Waals surface area contributed by atoms with Crippen LogP contribution < -0.4 is 5.32 Å². The molecule has 0 saturated carbocycles. The van der Waals surface area contributed by atoms with Gasteiger partial charge in [-0.05, 0) is 19.3 Å². The number of aromatic nitrogens is 1. The van der Waals surface area contributed by atoms with Gasteiger partial charge in [0.05, 0.1) is 6.20 Å². The molecule has 0 bridgehead atoms. The Morgan fingerprint density at radius 2 is 2.04 bits per heavy atom. The van der Waals surface area contributed by atoms with E-state index in [1.807, 2.05) is 35.2 Å². The van der Waals surface area contributed by atoms with Crippen LogP contribution in [0, 0.1) is 0 Å². The predicted molar refractivity (Wildman–Crippen MR) is 103 cm³/mol. The van der Waals surface area contributed by atoms with Gasteiger partial charge in [0.1, 0.15) is 0 Å². The quantitative estimate of drug-likeness (QED) is 0.725. The van der Waals surface area contributed by atoms with Gasteiger partial charge < -0.3 is 14.6 Å². The summed E-state index contributed by atoms with van der Waals surface area (Å²) in [6.45, 7) is 2.16. The molecule has 1 aliphatic heterocycles. The third-order valence-electron chi connectivity index (χ3n) is 4.78. The van der Waals surface area contributed by atoms with Crippen molar-refractivity contribution in [3.05, 3.63) is 42.4 Å². The van der Waals surface area contributed by atoms with Crippen LogP contribution >= 0.6 is 0 Å². The standard InChI is InChI=1S/C21H27N3O3/c25-19(22-13-7-15-24-14-6-2-5-10-21(24)26)11-12-20-23-16-18(27-20)17-8-3-1-4-9-17/h1,3-4,8-9,16H,2,5-7,10-15H2,(H,22,25). The summed E-state index contributed by atoms with van der Waals surface area (Å²) in [4.78, 5) is 30.1. The van der Waals surface area contributed by atoms with Crippen LogP contribution in [0.4, 0.5) is 0 Å². The maximum absolute atomic E-state index is 12.0. The van der Waals surface area contributed by atoms with Crippen molar-refractivity contribution in [1.29, 1.82) is 0 Å². The van der Waals surface area contributed by atoms with E-state index in [1.165, 1.54) is 0 Å². The summed E-state index contributed by atoms with van der Waals surface area (Å²) in [6.07, 6.45) is 7.17. The Labute approximate surface area is 160 Å². The molecule has 1 aliphatic rings. The number of carbonyl (C=O) groups excluding carboxylic acids is 2. The number of amides is 2. The highest BCUT2D eigenvalue weighted by Gasteiger charge is 2.15. The predicted octanol–water partition coefficient (Wildman–Crippen LogP) is 3.18.